The minimum atomic E-state index is -0.434. The van der Waals surface area contributed by atoms with Crippen LogP contribution in [0.3, 0.4) is 0 Å². The number of nitrogens with zero attached hydrogens (tertiary/aromatic N) is 1. The van der Waals surface area contributed by atoms with Gasteiger partial charge in [-0.25, -0.2) is 0 Å². The van der Waals surface area contributed by atoms with Crippen molar-refractivity contribution in [2.45, 2.75) is 111 Å². The first-order chi connectivity index (χ1) is 16.6. The van der Waals surface area contributed by atoms with Crippen molar-refractivity contribution in [1.29, 1.82) is 0 Å². The van der Waals surface area contributed by atoms with Crippen molar-refractivity contribution >= 4 is 11.6 Å². The van der Waals surface area contributed by atoms with E-state index in [-0.39, 0.29) is 23.3 Å². The SMILES string of the molecule is CC(=O)N[C@H]1CC[C@]2(C)C3CC[C@@]4(C)C(CC[C@@H]4[C@H](C)CC4=NCCC4=C(C)C)C3=CCC2[C@H]1O. The van der Waals surface area contributed by atoms with Gasteiger partial charge < -0.3 is 10.4 Å². The van der Waals surface area contributed by atoms with E-state index in [1.165, 1.54) is 42.5 Å². The summed E-state index contributed by atoms with van der Waals surface area (Å²) in [5, 5.41) is 14.3. The molecule has 1 aliphatic heterocycles. The number of aliphatic hydroxyl groups excluding tert-OH is 1. The third-order valence-electron chi connectivity index (χ3n) is 11.5. The van der Waals surface area contributed by atoms with Crippen LogP contribution in [0.2, 0.25) is 0 Å². The summed E-state index contributed by atoms with van der Waals surface area (Å²) in [6.07, 6.45) is 12.6. The predicted molar refractivity (Wildman–Crippen MR) is 143 cm³/mol. The molecule has 0 aromatic heterocycles. The fraction of sp³-hybridized carbons (Fsp3) is 0.806. The van der Waals surface area contributed by atoms with Crippen LogP contribution >= 0.6 is 0 Å². The molecule has 1 heterocycles. The number of aliphatic hydroxyl groups is 1. The summed E-state index contributed by atoms with van der Waals surface area (Å²) in [4.78, 5) is 16.6. The van der Waals surface area contributed by atoms with Crippen molar-refractivity contribution in [3.8, 4) is 0 Å². The first-order valence-corrected chi connectivity index (χ1v) is 14.4. The Morgan fingerprint density at radius 3 is 2.54 bits per heavy atom. The topological polar surface area (TPSA) is 61.7 Å². The molecule has 3 saturated carbocycles. The number of allylic oxidation sites excluding steroid dienone is 3. The number of aliphatic imine (C=N–C) groups is 1. The van der Waals surface area contributed by atoms with Crippen molar-refractivity contribution in [2.75, 3.05) is 6.54 Å². The standard InChI is InChI=1S/C31H48N2O2/c1-18(2)21-13-16-32-28(21)17-19(3)23-9-10-24-22-7-8-26-29(35)27(33-20(4)34)12-15-31(26,6)25(22)11-14-30(23,24)5/h7,19,23-27,29,35H,8-17H2,1-6H3,(H,33,34)/t19-,23-,24?,25?,26?,27+,29-,30-,31-/m1/s1. The summed E-state index contributed by atoms with van der Waals surface area (Å²) >= 11 is 0. The third-order valence-corrected chi connectivity index (χ3v) is 11.5. The molecule has 4 nitrogen and oxygen atoms in total. The van der Waals surface area contributed by atoms with Gasteiger partial charge in [-0.05, 0) is 118 Å². The van der Waals surface area contributed by atoms with Gasteiger partial charge in [-0.15, -0.1) is 0 Å². The summed E-state index contributed by atoms with van der Waals surface area (Å²) in [7, 11) is 0. The smallest absolute Gasteiger partial charge is 0.217 e. The number of nitrogens with one attached hydrogen (secondary N) is 1. The predicted octanol–water partition coefficient (Wildman–Crippen LogP) is 6.25. The van der Waals surface area contributed by atoms with Crippen molar-refractivity contribution < 1.29 is 9.90 Å². The number of rotatable bonds is 4. The molecule has 9 atom stereocenters. The van der Waals surface area contributed by atoms with Crippen molar-refractivity contribution in [1.82, 2.24) is 5.32 Å². The summed E-state index contributed by atoms with van der Waals surface area (Å²) in [6.45, 7) is 14.6. The van der Waals surface area contributed by atoms with E-state index in [9.17, 15) is 9.90 Å². The highest BCUT2D eigenvalue weighted by molar-refractivity contribution is 6.02. The second-order valence-corrected chi connectivity index (χ2v) is 13.5. The lowest BCUT2D eigenvalue weighted by molar-refractivity contribution is -0.125. The monoisotopic (exact) mass is 480 g/mol. The Morgan fingerprint density at radius 2 is 1.83 bits per heavy atom. The van der Waals surface area contributed by atoms with E-state index >= 15 is 0 Å². The maximum Gasteiger partial charge on any atom is 0.217 e. The zero-order valence-corrected chi connectivity index (χ0v) is 23.0. The van der Waals surface area contributed by atoms with E-state index < -0.39 is 6.10 Å². The molecule has 35 heavy (non-hydrogen) atoms. The van der Waals surface area contributed by atoms with Crippen LogP contribution in [0.5, 0.6) is 0 Å². The number of carbonyl (C=O) groups excluding carboxylic acids is 1. The van der Waals surface area contributed by atoms with Crippen LogP contribution in [0.4, 0.5) is 0 Å². The average molecular weight is 481 g/mol. The highest BCUT2D eigenvalue weighted by atomic mass is 16.3. The minimum Gasteiger partial charge on any atom is -0.391 e. The molecule has 1 amide bonds. The zero-order valence-electron chi connectivity index (χ0n) is 23.0. The van der Waals surface area contributed by atoms with E-state index in [2.05, 4.69) is 46.0 Å². The summed E-state index contributed by atoms with van der Waals surface area (Å²) in [6, 6.07) is -0.0877. The summed E-state index contributed by atoms with van der Waals surface area (Å²) in [5.41, 5.74) is 6.66. The zero-order chi connectivity index (χ0) is 25.1. The van der Waals surface area contributed by atoms with Gasteiger partial charge in [-0.1, -0.05) is 38.0 Å². The Balaban J connectivity index is 1.35. The molecule has 5 aliphatic rings. The van der Waals surface area contributed by atoms with Gasteiger partial charge in [0.1, 0.15) is 0 Å². The maximum atomic E-state index is 11.7. The van der Waals surface area contributed by atoms with E-state index in [0.29, 0.717) is 23.2 Å². The maximum absolute atomic E-state index is 11.7. The van der Waals surface area contributed by atoms with Gasteiger partial charge in [0.15, 0.2) is 0 Å². The lowest BCUT2D eigenvalue weighted by Crippen LogP contribution is -2.58. The number of amides is 1. The van der Waals surface area contributed by atoms with Crippen LogP contribution in [-0.2, 0) is 4.79 Å². The normalized spacial score (nSPS) is 43.5. The fourth-order valence-electron chi connectivity index (χ4n) is 9.70. The Kier molecular flexibility index (Phi) is 6.60. The van der Waals surface area contributed by atoms with Crippen LogP contribution < -0.4 is 5.32 Å². The molecule has 5 rings (SSSR count). The molecular weight excluding hydrogens is 432 g/mol. The van der Waals surface area contributed by atoms with Gasteiger partial charge in [-0.2, -0.15) is 0 Å². The van der Waals surface area contributed by atoms with Crippen molar-refractivity contribution in [3.63, 3.8) is 0 Å². The Morgan fingerprint density at radius 1 is 1.11 bits per heavy atom. The van der Waals surface area contributed by atoms with Gasteiger partial charge in [0.05, 0.1) is 12.1 Å². The van der Waals surface area contributed by atoms with Crippen molar-refractivity contribution in [3.05, 3.63) is 22.8 Å². The van der Waals surface area contributed by atoms with Crippen LogP contribution in [0.1, 0.15) is 99.3 Å². The molecule has 0 bridgehead atoms. The van der Waals surface area contributed by atoms with E-state index in [1.54, 1.807) is 12.5 Å². The Labute approximate surface area is 213 Å². The molecule has 0 radical (unpaired) electrons. The van der Waals surface area contributed by atoms with Crippen LogP contribution in [0, 0.1) is 40.4 Å². The van der Waals surface area contributed by atoms with Crippen molar-refractivity contribution in [2.24, 2.45) is 45.4 Å². The second kappa shape index (κ2) is 9.15. The molecule has 3 unspecified atom stereocenters. The molecule has 3 fully saturated rings. The number of carbonyl (C=O) groups is 1. The quantitative estimate of drug-likeness (QED) is 0.467. The Bertz CT molecular complexity index is 959. The average Bonchev–Trinajstić information content (AvgIpc) is 3.39. The molecule has 4 aliphatic carbocycles. The summed E-state index contributed by atoms with van der Waals surface area (Å²) < 4.78 is 0. The second-order valence-electron chi connectivity index (χ2n) is 13.5. The molecule has 194 valence electrons. The first kappa shape index (κ1) is 25.2. The van der Waals surface area contributed by atoms with Gasteiger partial charge in [0, 0.05) is 19.2 Å². The molecule has 0 aromatic rings. The number of hydrogen-bond donors (Lipinski definition) is 2. The first-order valence-electron chi connectivity index (χ1n) is 14.4. The lowest BCUT2D eigenvalue weighted by Gasteiger charge is -2.59. The van der Waals surface area contributed by atoms with Crippen LogP contribution in [-0.4, -0.2) is 35.4 Å². The highest BCUT2D eigenvalue weighted by Gasteiger charge is 2.59. The molecule has 0 spiro atoms. The molecule has 0 saturated heterocycles. The Hall–Kier alpha value is -1.42. The highest BCUT2D eigenvalue weighted by Crippen LogP contribution is 2.67. The largest absolute Gasteiger partial charge is 0.391 e. The molecular formula is C31H48N2O2. The van der Waals surface area contributed by atoms with Gasteiger partial charge in [0.25, 0.3) is 0 Å². The van der Waals surface area contributed by atoms with E-state index in [1.807, 2.05) is 0 Å². The molecule has 4 heteroatoms. The third kappa shape index (κ3) is 4.06. The molecule has 2 N–H and O–H groups in total. The lowest BCUT2D eigenvalue weighted by atomic mass is 9.47. The van der Waals surface area contributed by atoms with Gasteiger partial charge in [-0.3, -0.25) is 9.79 Å². The fourth-order valence-corrected chi connectivity index (χ4v) is 9.70. The minimum absolute atomic E-state index is 0.0236. The number of fused-ring (bicyclic) bond motifs is 5. The van der Waals surface area contributed by atoms with E-state index in [4.69, 9.17) is 4.99 Å². The van der Waals surface area contributed by atoms with Crippen LogP contribution in [0.25, 0.3) is 0 Å². The van der Waals surface area contributed by atoms with Crippen LogP contribution in [0.15, 0.2) is 27.8 Å². The molecule has 0 aromatic carbocycles. The number of hydrogen-bond acceptors (Lipinski definition) is 3. The van der Waals surface area contributed by atoms with E-state index in [0.717, 1.165) is 44.6 Å². The van der Waals surface area contributed by atoms with Gasteiger partial charge >= 0.3 is 0 Å². The summed E-state index contributed by atoms with van der Waals surface area (Å²) in [5.74, 6) is 2.97. The van der Waals surface area contributed by atoms with Gasteiger partial charge in [0.2, 0.25) is 5.91 Å².